The molecule has 7 heteroatoms. The summed E-state index contributed by atoms with van der Waals surface area (Å²) in [4.78, 5) is 25.1. The Balaban J connectivity index is 1.94. The molecule has 0 spiro atoms. The Morgan fingerprint density at radius 3 is 2.53 bits per heavy atom. The van der Waals surface area contributed by atoms with Gasteiger partial charge in [-0.15, -0.1) is 0 Å². The molecule has 0 saturated carbocycles. The highest BCUT2D eigenvalue weighted by atomic mass is 16.5. The molecule has 158 valence electrons. The number of hydrogen-bond acceptors (Lipinski definition) is 4. The maximum atomic E-state index is 12.9. The highest BCUT2D eigenvalue weighted by Gasteiger charge is 2.24. The van der Waals surface area contributed by atoms with E-state index in [-0.39, 0.29) is 18.4 Å². The van der Waals surface area contributed by atoms with Crippen LogP contribution in [0.25, 0.3) is 11.0 Å². The summed E-state index contributed by atoms with van der Waals surface area (Å²) in [5.41, 5.74) is 2.88. The lowest BCUT2D eigenvalue weighted by atomic mass is 10.2. The summed E-state index contributed by atoms with van der Waals surface area (Å²) in [7, 11) is 0. The van der Waals surface area contributed by atoms with Gasteiger partial charge in [0.15, 0.2) is 17.6 Å². The molecule has 0 unspecified atom stereocenters. The summed E-state index contributed by atoms with van der Waals surface area (Å²) < 4.78 is 14.8. The number of rotatable bonds is 8. The highest BCUT2D eigenvalue weighted by Crippen LogP contribution is 2.24. The second-order valence-electron chi connectivity index (χ2n) is 6.78. The Labute approximate surface area is 176 Å². The van der Waals surface area contributed by atoms with Crippen LogP contribution in [0.4, 0.5) is 5.69 Å². The van der Waals surface area contributed by atoms with Gasteiger partial charge in [-0.2, -0.15) is 0 Å². The predicted octanol–water partition coefficient (Wildman–Crippen LogP) is 3.47. The second kappa shape index (κ2) is 9.43. The molecule has 0 aliphatic rings. The number of benzene rings is 2. The van der Waals surface area contributed by atoms with E-state index < -0.39 is 0 Å². The van der Waals surface area contributed by atoms with E-state index in [0.717, 1.165) is 23.4 Å². The third-order valence-electron chi connectivity index (χ3n) is 4.93. The number of hydrogen-bond donors (Lipinski definition) is 1. The van der Waals surface area contributed by atoms with Crippen LogP contribution >= 0.6 is 0 Å². The average Bonchev–Trinajstić information content (AvgIpc) is 3.00. The summed E-state index contributed by atoms with van der Waals surface area (Å²) in [5, 5.41) is 2.94. The Hall–Kier alpha value is -3.35. The normalized spacial score (nSPS) is 10.8. The molecule has 0 aliphatic heterocycles. The van der Waals surface area contributed by atoms with E-state index in [1.165, 1.54) is 0 Å². The fourth-order valence-electron chi connectivity index (χ4n) is 3.59. The van der Waals surface area contributed by atoms with Crippen LogP contribution in [0.1, 0.15) is 37.0 Å². The molecule has 2 aromatic carbocycles. The van der Waals surface area contributed by atoms with Crippen LogP contribution in [-0.2, 0) is 22.6 Å². The molecule has 1 N–H and O–H groups in total. The molecule has 1 amide bonds. The Bertz CT molecular complexity index is 1070. The summed E-state index contributed by atoms with van der Waals surface area (Å²) in [5.74, 6) is 1.02. The number of esters is 1. The maximum absolute atomic E-state index is 12.9. The molecule has 0 bridgehead atoms. The number of amides is 1. The molecule has 3 rings (SSSR count). The number of nitrogens with zero attached hydrogens (tertiary/aromatic N) is 2. The number of nitrogens with one attached hydrogen (secondary N) is 1. The maximum Gasteiger partial charge on any atom is 0.338 e. The first-order valence-electron chi connectivity index (χ1n) is 10.2. The van der Waals surface area contributed by atoms with Gasteiger partial charge in [-0.1, -0.05) is 12.1 Å². The van der Waals surface area contributed by atoms with Crippen LogP contribution in [0.2, 0.25) is 0 Å². The minimum absolute atomic E-state index is 0.113. The number of fused-ring (bicyclic) bond motifs is 1. The van der Waals surface area contributed by atoms with Gasteiger partial charge < -0.3 is 14.8 Å². The monoisotopic (exact) mass is 410 g/mol. The van der Waals surface area contributed by atoms with Gasteiger partial charge >= 0.3 is 5.97 Å². The van der Waals surface area contributed by atoms with Crippen molar-refractivity contribution in [2.24, 2.45) is 0 Å². The van der Waals surface area contributed by atoms with Gasteiger partial charge in [0.05, 0.1) is 31.0 Å². The summed E-state index contributed by atoms with van der Waals surface area (Å²) >= 11 is 0. The van der Waals surface area contributed by atoms with Crippen molar-refractivity contribution in [2.45, 2.75) is 40.8 Å². The second-order valence-corrected chi connectivity index (χ2v) is 6.78. The zero-order valence-corrected chi connectivity index (χ0v) is 17.9. The standard InChI is InChI=1S/C23H27N3O4/c1-5-25-16(4)26(20-14-17(12-13-19(20)25)23(28)30-7-3)15-22(27)24-18-10-8-9-11-21(18)29-6-2/h8-14H,5-7,15H2,1-4H3/p+1. The minimum atomic E-state index is -0.372. The lowest BCUT2D eigenvalue weighted by molar-refractivity contribution is -0.674. The van der Waals surface area contributed by atoms with Gasteiger partial charge in [0.2, 0.25) is 0 Å². The van der Waals surface area contributed by atoms with Crippen LogP contribution in [0, 0.1) is 6.92 Å². The number of carbonyl (C=O) groups excluding carboxylic acids is 2. The van der Waals surface area contributed by atoms with Crippen molar-refractivity contribution in [3.8, 4) is 5.75 Å². The number of imidazole rings is 1. The zero-order chi connectivity index (χ0) is 21.7. The number of carbonyl (C=O) groups is 2. The van der Waals surface area contributed by atoms with Gasteiger partial charge in [0, 0.05) is 13.0 Å². The van der Waals surface area contributed by atoms with Gasteiger partial charge in [0.1, 0.15) is 5.75 Å². The first kappa shape index (κ1) is 21.4. The van der Waals surface area contributed by atoms with Gasteiger partial charge in [-0.25, -0.2) is 13.9 Å². The van der Waals surface area contributed by atoms with E-state index in [1.807, 2.05) is 48.7 Å². The number of ether oxygens (including phenoxy) is 2. The number of aromatic nitrogens is 2. The third kappa shape index (κ3) is 4.30. The first-order chi connectivity index (χ1) is 14.5. The Kier molecular flexibility index (Phi) is 6.72. The van der Waals surface area contributed by atoms with Crippen molar-refractivity contribution in [2.75, 3.05) is 18.5 Å². The quantitative estimate of drug-likeness (QED) is 0.456. The molecule has 1 heterocycles. The largest absolute Gasteiger partial charge is 0.492 e. The lowest BCUT2D eigenvalue weighted by Crippen LogP contribution is -2.35. The van der Waals surface area contributed by atoms with E-state index in [9.17, 15) is 9.59 Å². The molecular weight excluding hydrogens is 382 g/mol. The van der Waals surface area contributed by atoms with E-state index in [2.05, 4.69) is 16.8 Å². The zero-order valence-electron chi connectivity index (χ0n) is 17.9. The molecular formula is C23H28N3O4+. The van der Waals surface area contributed by atoms with Crippen molar-refractivity contribution in [1.29, 1.82) is 0 Å². The van der Waals surface area contributed by atoms with Crippen LogP contribution in [-0.4, -0.2) is 29.7 Å². The molecule has 7 nitrogen and oxygen atoms in total. The minimum Gasteiger partial charge on any atom is -0.492 e. The first-order valence-corrected chi connectivity index (χ1v) is 10.2. The van der Waals surface area contributed by atoms with E-state index >= 15 is 0 Å². The molecule has 0 atom stereocenters. The van der Waals surface area contributed by atoms with Gasteiger partial charge in [-0.05, 0) is 45.0 Å². The summed E-state index contributed by atoms with van der Waals surface area (Å²) in [6.45, 7) is 9.39. The topological polar surface area (TPSA) is 73.4 Å². The highest BCUT2D eigenvalue weighted by molar-refractivity contribution is 5.95. The fraction of sp³-hybridized carbons (Fsp3) is 0.348. The van der Waals surface area contributed by atoms with Crippen LogP contribution in [0.15, 0.2) is 42.5 Å². The van der Waals surface area contributed by atoms with Gasteiger partial charge in [-0.3, -0.25) is 4.79 Å². The molecule has 0 radical (unpaired) electrons. The molecule has 3 aromatic rings. The van der Waals surface area contributed by atoms with Crippen molar-refractivity contribution < 1.29 is 23.6 Å². The average molecular weight is 410 g/mol. The number of anilines is 1. The summed E-state index contributed by atoms with van der Waals surface area (Å²) in [6.07, 6.45) is 0. The molecule has 0 saturated heterocycles. The fourth-order valence-corrected chi connectivity index (χ4v) is 3.59. The SMILES string of the molecule is CCOC(=O)c1ccc2c(c1)n(CC(=O)Nc1ccccc1OCC)c(C)[n+]2CC. The summed E-state index contributed by atoms with van der Waals surface area (Å²) in [6, 6.07) is 12.8. The van der Waals surface area contributed by atoms with Crippen molar-refractivity contribution in [3.63, 3.8) is 0 Å². The number of aryl methyl sites for hydroxylation is 1. The van der Waals surface area contributed by atoms with Crippen molar-refractivity contribution in [3.05, 3.63) is 53.9 Å². The van der Waals surface area contributed by atoms with E-state index in [0.29, 0.717) is 30.2 Å². The van der Waals surface area contributed by atoms with Gasteiger partial charge in [0.25, 0.3) is 11.7 Å². The molecule has 0 fully saturated rings. The lowest BCUT2D eigenvalue weighted by Gasteiger charge is -2.10. The number of para-hydroxylation sites is 2. The Morgan fingerprint density at radius 1 is 1.07 bits per heavy atom. The van der Waals surface area contributed by atoms with Crippen molar-refractivity contribution >= 4 is 28.6 Å². The smallest absolute Gasteiger partial charge is 0.338 e. The van der Waals surface area contributed by atoms with E-state index in [1.54, 1.807) is 19.1 Å². The Morgan fingerprint density at radius 2 is 1.83 bits per heavy atom. The predicted molar refractivity (Wildman–Crippen MR) is 115 cm³/mol. The molecule has 1 aromatic heterocycles. The van der Waals surface area contributed by atoms with Crippen LogP contribution in [0.3, 0.4) is 0 Å². The molecule has 30 heavy (non-hydrogen) atoms. The van der Waals surface area contributed by atoms with Crippen LogP contribution < -0.4 is 14.6 Å². The third-order valence-corrected chi connectivity index (χ3v) is 4.93. The van der Waals surface area contributed by atoms with Crippen LogP contribution in [0.5, 0.6) is 5.75 Å². The van der Waals surface area contributed by atoms with E-state index in [4.69, 9.17) is 9.47 Å². The van der Waals surface area contributed by atoms with Crippen molar-refractivity contribution in [1.82, 2.24) is 4.57 Å². The molecule has 0 aliphatic carbocycles.